The maximum atomic E-state index is 13.2. The number of carbonyl (C=O) groups is 2. The minimum absolute atomic E-state index is 0.0201. The molecule has 6 nitrogen and oxygen atoms in total. The van der Waals surface area contributed by atoms with Crippen LogP contribution >= 0.6 is 11.6 Å². The average Bonchev–Trinajstić information content (AvgIpc) is 2.77. The van der Waals surface area contributed by atoms with Crippen molar-refractivity contribution in [3.8, 4) is 0 Å². The number of nitrogens with zero attached hydrogens (tertiary/aromatic N) is 2. The minimum Gasteiger partial charge on any atom is -0.339 e. The Morgan fingerprint density at radius 1 is 1.10 bits per heavy atom. The normalized spacial score (nSPS) is 17.8. The summed E-state index contributed by atoms with van der Waals surface area (Å²) in [5.41, 5.74) is 1.42. The molecule has 0 spiro atoms. The molecular formula is C23H27ClN2O4S. The Labute approximate surface area is 188 Å². The van der Waals surface area contributed by atoms with E-state index < -0.39 is 9.84 Å². The van der Waals surface area contributed by atoms with Crippen molar-refractivity contribution in [3.05, 3.63) is 64.7 Å². The molecule has 2 aromatic carbocycles. The Morgan fingerprint density at radius 2 is 1.71 bits per heavy atom. The van der Waals surface area contributed by atoms with Gasteiger partial charge in [-0.2, -0.15) is 0 Å². The SMILES string of the molecule is CC(c1ccc(S(C)(=O)=O)cc1)N(C)C(=O)C1CCCN(C(=O)c2ccc(Cl)cc2)C1. The van der Waals surface area contributed by atoms with Crippen molar-refractivity contribution in [2.45, 2.75) is 30.7 Å². The van der Waals surface area contributed by atoms with Gasteiger partial charge in [0.25, 0.3) is 5.91 Å². The van der Waals surface area contributed by atoms with Crippen LogP contribution in [0.5, 0.6) is 0 Å². The van der Waals surface area contributed by atoms with E-state index in [2.05, 4.69) is 0 Å². The smallest absolute Gasteiger partial charge is 0.253 e. The predicted octanol–water partition coefficient (Wildman–Crippen LogP) is 3.82. The molecule has 1 aliphatic heterocycles. The number of carbonyl (C=O) groups excluding carboxylic acids is 2. The predicted molar refractivity (Wildman–Crippen MR) is 121 cm³/mol. The second-order valence-electron chi connectivity index (χ2n) is 8.06. The molecule has 31 heavy (non-hydrogen) atoms. The minimum atomic E-state index is -3.26. The van der Waals surface area contributed by atoms with Crippen LogP contribution in [0.3, 0.4) is 0 Å². The molecule has 3 rings (SSSR count). The van der Waals surface area contributed by atoms with Crippen LogP contribution in [0.15, 0.2) is 53.4 Å². The van der Waals surface area contributed by atoms with Gasteiger partial charge in [0.1, 0.15) is 0 Å². The van der Waals surface area contributed by atoms with Crippen molar-refractivity contribution in [2.75, 3.05) is 26.4 Å². The highest BCUT2D eigenvalue weighted by Crippen LogP contribution is 2.26. The highest BCUT2D eigenvalue weighted by molar-refractivity contribution is 7.90. The van der Waals surface area contributed by atoms with Gasteiger partial charge in [0.2, 0.25) is 5.91 Å². The Morgan fingerprint density at radius 3 is 2.29 bits per heavy atom. The van der Waals surface area contributed by atoms with Gasteiger partial charge in [0, 0.05) is 37.0 Å². The highest BCUT2D eigenvalue weighted by atomic mass is 35.5. The van der Waals surface area contributed by atoms with Crippen molar-refractivity contribution in [1.82, 2.24) is 9.80 Å². The maximum Gasteiger partial charge on any atom is 0.253 e. The first-order chi connectivity index (χ1) is 14.6. The van der Waals surface area contributed by atoms with Crippen LogP contribution in [0.2, 0.25) is 5.02 Å². The number of hydrogen-bond acceptors (Lipinski definition) is 4. The van der Waals surface area contributed by atoms with Crippen molar-refractivity contribution >= 4 is 33.3 Å². The molecule has 0 aliphatic carbocycles. The Balaban J connectivity index is 1.68. The molecule has 1 heterocycles. The van der Waals surface area contributed by atoms with Gasteiger partial charge in [-0.15, -0.1) is 0 Å². The lowest BCUT2D eigenvalue weighted by Crippen LogP contribution is -2.46. The zero-order chi connectivity index (χ0) is 22.8. The van der Waals surface area contributed by atoms with E-state index >= 15 is 0 Å². The fourth-order valence-electron chi connectivity index (χ4n) is 3.83. The molecule has 8 heteroatoms. The molecule has 166 valence electrons. The Bertz CT molecular complexity index is 1050. The fraction of sp³-hybridized carbons (Fsp3) is 0.391. The van der Waals surface area contributed by atoms with E-state index in [1.807, 2.05) is 6.92 Å². The zero-order valence-electron chi connectivity index (χ0n) is 17.9. The molecule has 0 bridgehead atoms. The summed E-state index contributed by atoms with van der Waals surface area (Å²) >= 11 is 5.91. The lowest BCUT2D eigenvalue weighted by atomic mass is 9.95. The van der Waals surface area contributed by atoms with Crippen LogP contribution < -0.4 is 0 Å². The van der Waals surface area contributed by atoms with Gasteiger partial charge in [-0.05, 0) is 61.7 Å². The number of halogens is 1. The second-order valence-corrected chi connectivity index (χ2v) is 10.5. The number of amides is 2. The summed E-state index contributed by atoms with van der Waals surface area (Å²) in [6, 6.07) is 13.2. The van der Waals surface area contributed by atoms with Crippen LogP contribution in [-0.2, 0) is 14.6 Å². The molecule has 1 fully saturated rings. The third kappa shape index (κ3) is 5.46. The van der Waals surface area contributed by atoms with Crippen LogP contribution in [0.25, 0.3) is 0 Å². The van der Waals surface area contributed by atoms with Gasteiger partial charge >= 0.3 is 0 Å². The first kappa shape index (κ1) is 23.3. The number of benzene rings is 2. The summed E-state index contributed by atoms with van der Waals surface area (Å²) in [6.45, 7) is 2.91. The third-order valence-electron chi connectivity index (χ3n) is 5.87. The zero-order valence-corrected chi connectivity index (χ0v) is 19.5. The average molecular weight is 463 g/mol. The molecule has 0 N–H and O–H groups in total. The maximum absolute atomic E-state index is 13.2. The van der Waals surface area contributed by atoms with Crippen molar-refractivity contribution in [3.63, 3.8) is 0 Å². The van der Waals surface area contributed by atoms with E-state index in [4.69, 9.17) is 11.6 Å². The largest absolute Gasteiger partial charge is 0.339 e. The molecule has 2 atom stereocenters. The van der Waals surface area contributed by atoms with Crippen LogP contribution in [0.4, 0.5) is 0 Å². The summed E-state index contributed by atoms with van der Waals surface area (Å²) in [5.74, 6) is -0.387. The molecule has 2 amide bonds. The molecular weight excluding hydrogens is 436 g/mol. The fourth-order valence-corrected chi connectivity index (χ4v) is 4.59. The van der Waals surface area contributed by atoms with E-state index in [0.29, 0.717) is 23.7 Å². The van der Waals surface area contributed by atoms with Crippen LogP contribution in [0, 0.1) is 5.92 Å². The van der Waals surface area contributed by atoms with Gasteiger partial charge in [-0.1, -0.05) is 23.7 Å². The number of piperidine rings is 1. The molecule has 1 aliphatic rings. The van der Waals surface area contributed by atoms with Gasteiger partial charge < -0.3 is 9.80 Å². The Hall–Kier alpha value is -2.38. The number of likely N-dealkylation sites (tertiary alicyclic amines) is 1. The van der Waals surface area contributed by atoms with E-state index in [-0.39, 0.29) is 28.7 Å². The first-order valence-corrected chi connectivity index (χ1v) is 12.5. The van der Waals surface area contributed by atoms with E-state index in [1.165, 1.54) is 6.26 Å². The van der Waals surface area contributed by atoms with Gasteiger partial charge in [0.15, 0.2) is 9.84 Å². The molecule has 2 aromatic rings. The van der Waals surface area contributed by atoms with Gasteiger partial charge in [-0.25, -0.2) is 8.42 Å². The summed E-state index contributed by atoms with van der Waals surface area (Å²) in [7, 11) is -1.52. The summed E-state index contributed by atoms with van der Waals surface area (Å²) in [5, 5.41) is 0.573. The molecule has 0 radical (unpaired) electrons. The summed E-state index contributed by atoms with van der Waals surface area (Å²) < 4.78 is 23.3. The quantitative estimate of drug-likeness (QED) is 0.677. The van der Waals surface area contributed by atoms with Crippen molar-refractivity contribution < 1.29 is 18.0 Å². The van der Waals surface area contributed by atoms with Gasteiger partial charge in [-0.3, -0.25) is 9.59 Å². The topological polar surface area (TPSA) is 74.8 Å². The van der Waals surface area contributed by atoms with Crippen LogP contribution in [-0.4, -0.2) is 56.4 Å². The van der Waals surface area contributed by atoms with Crippen molar-refractivity contribution in [2.24, 2.45) is 5.92 Å². The third-order valence-corrected chi connectivity index (χ3v) is 7.25. The lowest BCUT2D eigenvalue weighted by Gasteiger charge is -2.36. The van der Waals surface area contributed by atoms with Crippen molar-refractivity contribution in [1.29, 1.82) is 0 Å². The van der Waals surface area contributed by atoms with E-state index in [9.17, 15) is 18.0 Å². The highest BCUT2D eigenvalue weighted by Gasteiger charge is 2.32. The molecule has 0 aromatic heterocycles. The number of hydrogen-bond donors (Lipinski definition) is 0. The number of rotatable bonds is 5. The molecule has 2 unspecified atom stereocenters. The standard InChI is InChI=1S/C23H27ClN2O4S/c1-16(17-8-12-21(13-9-17)31(3,29)30)25(2)22(27)19-5-4-14-26(15-19)23(28)18-6-10-20(24)11-7-18/h6-13,16,19H,4-5,14-15H2,1-3H3. The summed E-state index contributed by atoms with van der Waals surface area (Å²) in [6.07, 6.45) is 2.66. The second kappa shape index (κ2) is 9.40. The van der Waals surface area contributed by atoms with Crippen LogP contribution in [0.1, 0.15) is 41.7 Å². The van der Waals surface area contributed by atoms with E-state index in [0.717, 1.165) is 18.4 Å². The Kier molecular flexibility index (Phi) is 7.06. The first-order valence-electron chi connectivity index (χ1n) is 10.2. The lowest BCUT2D eigenvalue weighted by molar-refractivity contribution is -0.137. The molecule has 1 saturated heterocycles. The van der Waals surface area contributed by atoms with Gasteiger partial charge in [0.05, 0.1) is 16.9 Å². The summed E-state index contributed by atoms with van der Waals surface area (Å²) in [4.78, 5) is 29.6. The molecule has 0 saturated carbocycles. The monoisotopic (exact) mass is 462 g/mol. The number of sulfone groups is 1. The van der Waals surface area contributed by atoms with E-state index in [1.54, 1.807) is 65.4 Å².